The Bertz CT molecular complexity index is 672. The third-order valence-electron chi connectivity index (χ3n) is 4.71. The van der Waals surface area contributed by atoms with E-state index >= 15 is 0 Å². The van der Waals surface area contributed by atoms with E-state index in [0.717, 1.165) is 42.3 Å². The molecule has 21 heavy (non-hydrogen) atoms. The summed E-state index contributed by atoms with van der Waals surface area (Å²) in [4.78, 5) is 17.0. The molecule has 3 heteroatoms. The predicted molar refractivity (Wildman–Crippen MR) is 86.3 cm³/mol. The molecule has 110 valence electrons. The van der Waals surface area contributed by atoms with Gasteiger partial charge in [-0.3, -0.25) is 9.78 Å². The number of carbonyl (C=O) groups is 1. The molecule has 1 heterocycles. The van der Waals surface area contributed by atoms with Gasteiger partial charge in [0.2, 0.25) is 5.91 Å². The van der Waals surface area contributed by atoms with E-state index in [1.54, 1.807) is 6.20 Å². The van der Waals surface area contributed by atoms with Crippen LogP contribution in [0.2, 0.25) is 0 Å². The van der Waals surface area contributed by atoms with Gasteiger partial charge in [-0.15, -0.1) is 0 Å². The SMILES string of the molecule is Cc1cccc2ncc(NC(=O)C3(C)CCCCC3)cc12. The van der Waals surface area contributed by atoms with Gasteiger partial charge in [-0.1, -0.05) is 38.3 Å². The van der Waals surface area contributed by atoms with Crippen LogP contribution in [-0.4, -0.2) is 10.9 Å². The Hall–Kier alpha value is -1.90. The molecule has 1 aliphatic rings. The van der Waals surface area contributed by atoms with E-state index in [2.05, 4.69) is 30.2 Å². The lowest BCUT2D eigenvalue weighted by atomic mass is 9.75. The van der Waals surface area contributed by atoms with Gasteiger partial charge in [0.15, 0.2) is 0 Å². The van der Waals surface area contributed by atoms with Crippen LogP contribution in [0, 0.1) is 12.3 Å². The number of nitrogens with zero attached hydrogens (tertiary/aromatic N) is 1. The van der Waals surface area contributed by atoms with Crippen LogP contribution in [0.5, 0.6) is 0 Å². The van der Waals surface area contributed by atoms with Gasteiger partial charge in [-0.25, -0.2) is 0 Å². The molecule has 2 aromatic rings. The number of aryl methyl sites for hydroxylation is 1. The zero-order valence-corrected chi connectivity index (χ0v) is 12.8. The minimum absolute atomic E-state index is 0.136. The number of pyridine rings is 1. The molecular weight excluding hydrogens is 260 g/mol. The summed E-state index contributed by atoms with van der Waals surface area (Å²) < 4.78 is 0. The Morgan fingerprint density at radius 3 is 2.76 bits per heavy atom. The second-order valence-electron chi connectivity index (χ2n) is 6.44. The predicted octanol–water partition coefficient (Wildman–Crippen LogP) is 4.45. The molecule has 0 bridgehead atoms. The second-order valence-corrected chi connectivity index (χ2v) is 6.44. The van der Waals surface area contributed by atoms with Crippen LogP contribution in [0.4, 0.5) is 5.69 Å². The van der Waals surface area contributed by atoms with Crippen LogP contribution in [0.1, 0.15) is 44.6 Å². The van der Waals surface area contributed by atoms with Crippen molar-refractivity contribution in [2.24, 2.45) is 5.41 Å². The third-order valence-corrected chi connectivity index (χ3v) is 4.71. The molecule has 1 aliphatic carbocycles. The molecule has 3 rings (SSSR count). The molecule has 0 saturated heterocycles. The number of aromatic nitrogens is 1. The highest BCUT2D eigenvalue weighted by atomic mass is 16.2. The minimum Gasteiger partial charge on any atom is -0.324 e. The summed E-state index contributed by atoms with van der Waals surface area (Å²) >= 11 is 0. The quantitative estimate of drug-likeness (QED) is 0.884. The van der Waals surface area contributed by atoms with Crippen molar-refractivity contribution in [1.29, 1.82) is 0 Å². The molecule has 1 N–H and O–H groups in total. The molecule has 0 unspecified atom stereocenters. The lowest BCUT2D eigenvalue weighted by Crippen LogP contribution is -2.35. The summed E-state index contributed by atoms with van der Waals surface area (Å²) in [5.74, 6) is 0.136. The molecule has 0 atom stereocenters. The van der Waals surface area contributed by atoms with Crippen molar-refractivity contribution < 1.29 is 4.79 Å². The first-order valence-electron chi connectivity index (χ1n) is 7.75. The highest BCUT2D eigenvalue weighted by Gasteiger charge is 2.34. The fourth-order valence-electron chi connectivity index (χ4n) is 3.21. The van der Waals surface area contributed by atoms with Gasteiger partial charge in [0.1, 0.15) is 0 Å². The number of carbonyl (C=O) groups excluding carboxylic acids is 1. The molecule has 0 aliphatic heterocycles. The first-order valence-corrected chi connectivity index (χ1v) is 7.75. The van der Waals surface area contributed by atoms with E-state index < -0.39 is 0 Å². The summed E-state index contributed by atoms with van der Waals surface area (Å²) in [5.41, 5.74) is 2.73. The van der Waals surface area contributed by atoms with Gasteiger partial charge in [-0.05, 0) is 37.5 Å². The molecule has 0 radical (unpaired) electrons. The van der Waals surface area contributed by atoms with Crippen LogP contribution >= 0.6 is 0 Å². The van der Waals surface area contributed by atoms with Gasteiger partial charge in [0.25, 0.3) is 0 Å². The first-order chi connectivity index (χ1) is 10.1. The fraction of sp³-hybridized carbons (Fsp3) is 0.444. The summed E-state index contributed by atoms with van der Waals surface area (Å²) in [5, 5.41) is 4.17. The number of fused-ring (bicyclic) bond motifs is 1. The fourth-order valence-corrected chi connectivity index (χ4v) is 3.21. The van der Waals surface area contributed by atoms with Crippen LogP contribution in [0.3, 0.4) is 0 Å². The number of nitrogens with one attached hydrogen (secondary N) is 1. The largest absolute Gasteiger partial charge is 0.324 e. The number of amides is 1. The Labute approximate surface area is 125 Å². The summed E-state index contributed by atoms with van der Waals surface area (Å²) in [6.07, 6.45) is 7.28. The van der Waals surface area contributed by atoms with Crippen molar-refractivity contribution in [2.75, 3.05) is 5.32 Å². The maximum absolute atomic E-state index is 12.6. The average Bonchev–Trinajstić information content (AvgIpc) is 2.49. The third kappa shape index (κ3) is 2.78. The highest BCUT2D eigenvalue weighted by molar-refractivity contribution is 5.97. The Balaban J connectivity index is 1.84. The van der Waals surface area contributed by atoms with E-state index in [9.17, 15) is 4.79 Å². The van der Waals surface area contributed by atoms with Gasteiger partial charge in [-0.2, -0.15) is 0 Å². The lowest BCUT2D eigenvalue weighted by Gasteiger charge is -2.31. The second kappa shape index (κ2) is 5.47. The Morgan fingerprint density at radius 1 is 1.24 bits per heavy atom. The zero-order valence-electron chi connectivity index (χ0n) is 12.8. The summed E-state index contributed by atoms with van der Waals surface area (Å²) in [7, 11) is 0. The molecule has 1 aromatic carbocycles. The van der Waals surface area contributed by atoms with Gasteiger partial charge >= 0.3 is 0 Å². The van der Waals surface area contributed by atoms with Crippen LogP contribution in [-0.2, 0) is 4.79 Å². The normalized spacial score (nSPS) is 17.6. The van der Waals surface area contributed by atoms with E-state index in [1.807, 2.05) is 18.2 Å². The number of benzene rings is 1. The minimum atomic E-state index is -0.223. The zero-order chi connectivity index (χ0) is 14.9. The van der Waals surface area contributed by atoms with Crippen molar-refractivity contribution >= 4 is 22.5 Å². The van der Waals surface area contributed by atoms with Crippen LogP contribution in [0.15, 0.2) is 30.5 Å². The van der Waals surface area contributed by atoms with Crippen molar-refractivity contribution in [3.8, 4) is 0 Å². The monoisotopic (exact) mass is 282 g/mol. The number of hydrogen-bond acceptors (Lipinski definition) is 2. The maximum atomic E-state index is 12.6. The van der Waals surface area contributed by atoms with Crippen LogP contribution < -0.4 is 5.32 Å². The molecule has 1 aromatic heterocycles. The topological polar surface area (TPSA) is 42.0 Å². The first kappa shape index (κ1) is 14.1. The van der Waals surface area contributed by atoms with Crippen molar-refractivity contribution in [3.63, 3.8) is 0 Å². The van der Waals surface area contributed by atoms with E-state index in [-0.39, 0.29) is 11.3 Å². The smallest absolute Gasteiger partial charge is 0.230 e. The Morgan fingerprint density at radius 2 is 2.00 bits per heavy atom. The number of rotatable bonds is 2. The molecule has 1 fully saturated rings. The number of hydrogen-bond donors (Lipinski definition) is 1. The highest BCUT2D eigenvalue weighted by Crippen LogP contribution is 2.36. The van der Waals surface area contributed by atoms with Gasteiger partial charge in [0, 0.05) is 10.8 Å². The maximum Gasteiger partial charge on any atom is 0.230 e. The van der Waals surface area contributed by atoms with Gasteiger partial charge < -0.3 is 5.32 Å². The van der Waals surface area contributed by atoms with Crippen LogP contribution in [0.25, 0.3) is 10.9 Å². The van der Waals surface area contributed by atoms with Crippen molar-refractivity contribution in [2.45, 2.75) is 46.0 Å². The Kier molecular flexibility index (Phi) is 3.66. The standard InChI is InChI=1S/C18H22N2O/c1-13-7-6-8-16-15(13)11-14(12-19-16)20-17(21)18(2)9-4-3-5-10-18/h6-8,11-12H,3-5,9-10H2,1-2H3,(H,20,21). The van der Waals surface area contributed by atoms with Gasteiger partial charge in [0.05, 0.1) is 17.4 Å². The average molecular weight is 282 g/mol. The molecular formula is C18H22N2O. The van der Waals surface area contributed by atoms with Crippen molar-refractivity contribution in [1.82, 2.24) is 4.98 Å². The van der Waals surface area contributed by atoms with E-state index in [1.165, 1.54) is 12.0 Å². The lowest BCUT2D eigenvalue weighted by molar-refractivity contribution is -0.126. The van der Waals surface area contributed by atoms with Crippen molar-refractivity contribution in [3.05, 3.63) is 36.0 Å². The van der Waals surface area contributed by atoms with E-state index in [0.29, 0.717) is 0 Å². The number of anilines is 1. The van der Waals surface area contributed by atoms with E-state index in [4.69, 9.17) is 0 Å². The molecule has 3 nitrogen and oxygen atoms in total. The molecule has 1 saturated carbocycles. The molecule has 0 spiro atoms. The summed E-state index contributed by atoms with van der Waals surface area (Å²) in [6.45, 7) is 4.15. The summed E-state index contributed by atoms with van der Waals surface area (Å²) in [6, 6.07) is 8.10. The molecule has 1 amide bonds.